The van der Waals surface area contributed by atoms with E-state index in [4.69, 9.17) is 19.3 Å². The van der Waals surface area contributed by atoms with Gasteiger partial charge in [-0.15, -0.1) is 0 Å². The van der Waals surface area contributed by atoms with E-state index in [2.05, 4.69) is 4.74 Å². The van der Waals surface area contributed by atoms with Crippen LogP contribution in [0.5, 0.6) is 17.2 Å². The number of hydrogen-bond donors (Lipinski definition) is 5. The Bertz CT molecular complexity index is 1060. The number of ether oxygens (including phenoxy) is 4. The van der Waals surface area contributed by atoms with Crippen molar-refractivity contribution in [1.29, 1.82) is 0 Å². The zero-order chi connectivity index (χ0) is 26.2. The summed E-state index contributed by atoms with van der Waals surface area (Å²) in [6.45, 7) is -0.611. The van der Waals surface area contributed by atoms with Gasteiger partial charge in [0, 0.05) is 12.5 Å². The number of aliphatic carboxylic acids is 1. The summed E-state index contributed by atoms with van der Waals surface area (Å²) in [7, 11) is 1.25. The van der Waals surface area contributed by atoms with Gasteiger partial charge in [0.2, 0.25) is 6.29 Å². The lowest BCUT2D eigenvalue weighted by molar-refractivity contribution is -0.277. The van der Waals surface area contributed by atoms with Crippen LogP contribution in [0, 0.1) is 0 Å². The number of aliphatic hydroxyl groups excluding tert-OH is 4. The van der Waals surface area contributed by atoms with Crippen molar-refractivity contribution in [2.24, 2.45) is 0 Å². The number of carbonyl (C=O) groups excluding carboxylic acids is 1. The summed E-state index contributed by atoms with van der Waals surface area (Å²) in [6, 6.07) is 11.4. The Morgan fingerprint density at radius 2 is 1.72 bits per heavy atom. The monoisotopic (exact) mass is 504 g/mol. The Morgan fingerprint density at radius 1 is 1.00 bits per heavy atom. The van der Waals surface area contributed by atoms with Gasteiger partial charge in [-0.1, -0.05) is 18.2 Å². The van der Waals surface area contributed by atoms with Gasteiger partial charge >= 0.3 is 11.9 Å². The van der Waals surface area contributed by atoms with E-state index in [0.717, 1.165) is 5.56 Å². The second-order valence-electron chi connectivity index (χ2n) is 8.02. The number of aliphatic hydroxyl groups is 4. The van der Waals surface area contributed by atoms with Gasteiger partial charge in [0.15, 0.2) is 11.5 Å². The molecule has 0 unspecified atom stereocenters. The molecule has 0 amide bonds. The third kappa shape index (κ3) is 7.03. The number of hydrogen-bond acceptors (Lipinski definition) is 10. The lowest BCUT2D eigenvalue weighted by atomic mass is 9.99. The van der Waals surface area contributed by atoms with Crippen LogP contribution >= 0.6 is 0 Å². The lowest BCUT2D eigenvalue weighted by Gasteiger charge is -2.39. The molecular formula is C25H28O11. The van der Waals surface area contributed by atoms with Crippen molar-refractivity contribution in [1.82, 2.24) is 0 Å². The fourth-order valence-corrected chi connectivity index (χ4v) is 3.43. The van der Waals surface area contributed by atoms with Gasteiger partial charge in [-0.3, -0.25) is 4.79 Å². The van der Waals surface area contributed by atoms with E-state index >= 15 is 0 Å². The van der Waals surface area contributed by atoms with Crippen LogP contribution in [0.2, 0.25) is 0 Å². The molecule has 0 saturated carbocycles. The number of carboxylic acids is 1. The molecule has 0 bridgehead atoms. The molecule has 1 fully saturated rings. The molecule has 5 atom stereocenters. The summed E-state index contributed by atoms with van der Waals surface area (Å²) in [5, 5.41) is 48.6. The highest BCUT2D eigenvalue weighted by molar-refractivity contribution is 5.87. The number of aryl methyl sites for hydroxylation is 1. The topological polar surface area (TPSA) is 172 Å². The largest absolute Gasteiger partial charge is 0.481 e. The molecule has 1 heterocycles. The fraction of sp³-hybridized carbons (Fsp3) is 0.360. The van der Waals surface area contributed by atoms with Gasteiger partial charge in [-0.25, -0.2) is 4.79 Å². The Labute approximate surface area is 206 Å². The Hall–Kier alpha value is -3.48. The molecule has 3 rings (SSSR count). The van der Waals surface area contributed by atoms with E-state index in [9.17, 15) is 30.0 Å². The zero-order valence-electron chi connectivity index (χ0n) is 19.4. The zero-order valence-corrected chi connectivity index (χ0v) is 19.4. The molecule has 0 aliphatic carbocycles. The van der Waals surface area contributed by atoms with Crippen molar-refractivity contribution < 1.29 is 54.1 Å². The molecule has 11 heteroatoms. The maximum absolute atomic E-state index is 11.5. The van der Waals surface area contributed by atoms with Crippen molar-refractivity contribution in [3.63, 3.8) is 0 Å². The summed E-state index contributed by atoms with van der Waals surface area (Å²) < 4.78 is 21.7. The van der Waals surface area contributed by atoms with Crippen molar-refractivity contribution in [2.75, 3.05) is 13.7 Å². The summed E-state index contributed by atoms with van der Waals surface area (Å²) in [4.78, 5) is 22.2. The maximum atomic E-state index is 11.5. The van der Waals surface area contributed by atoms with E-state index in [1.807, 2.05) is 0 Å². The van der Waals surface area contributed by atoms with Gasteiger partial charge in [-0.2, -0.15) is 0 Å². The van der Waals surface area contributed by atoms with Crippen LogP contribution < -0.4 is 9.47 Å². The van der Waals surface area contributed by atoms with Crippen molar-refractivity contribution in [3.05, 3.63) is 59.7 Å². The molecule has 0 spiro atoms. The minimum atomic E-state index is -1.62. The highest BCUT2D eigenvalue weighted by atomic mass is 16.7. The molecule has 0 aromatic heterocycles. The molecule has 1 aliphatic heterocycles. The Morgan fingerprint density at radius 3 is 2.36 bits per heavy atom. The number of rotatable bonds is 10. The van der Waals surface area contributed by atoms with E-state index < -0.39 is 49.3 Å². The molecule has 1 aliphatic rings. The van der Waals surface area contributed by atoms with Gasteiger partial charge in [-0.05, 0) is 47.9 Å². The van der Waals surface area contributed by atoms with E-state index in [1.165, 1.54) is 25.3 Å². The van der Waals surface area contributed by atoms with Crippen LogP contribution in [0.25, 0.3) is 6.08 Å². The summed E-state index contributed by atoms with van der Waals surface area (Å²) in [6.07, 6.45) is -4.31. The van der Waals surface area contributed by atoms with E-state index in [1.54, 1.807) is 36.4 Å². The third-order valence-corrected chi connectivity index (χ3v) is 5.45. The minimum absolute atomic E-state index is 0.00807. The lowest BCUT2D eigenvalue weighted by Crippen LogP contribution is -2.60. The minimum Gasteiger partial charge on any atom is -0.481 e. The van der Waals surface area contributed by atoms with E-state index in [0.29, 0.717) is 17.7 Å². The average Bonchev–Trinajstić information content (AvgIpc) is 2.88. The maximum Gasteiger partial charge on any atom is 0.330 e. The number of methoxy groups -OCH3 is 1. The fourth-order valence-electron chi connectivity index (χ4n) is 3.43. The molecule has 11 nitrogen and oxygen atoms in total. The van der Waals surface area contributed by atoms with Gasteiger partial charge in [0.05, 0.1) is 13.7 Å². The van der Waals surface area contributed by atoms with Crippen molar-refractivity contribution >= 4 is 18.0 Å². The molecule has 0 radical (unpaired) electrons. The summed E-state index contributed by atoms with van der Waals surface area (Å²) in [5.41, 5.74) is 1.35. The molecule has 1 saturated heterocycles. The summed E-state index contributed by atoms with van der Waals surface area (Å²) in [5.74, 6) is -0.804. The first-order valence-corrected chi connectivity index (χ1v) is 11.1. The smallest absolute Gasteiger partial charge is 0.330 e. The predicted octanol–water partition coefficient (Wildman–Crippen LogP) is 0.861. The first-order valence-electron chi connectivity index (χ1n) is 11.1. The second-order valence-corrected chi connectivity index (χ2v) is 8.02. The SMILES string of the molecule is COC(=O)/C=C/c1ccc(O[C@@H]2O[C@H](CO)[C@@H](O)[C@H](O)[C@H]2O)c(Oc2ccc(CCC(=O)O)cc2)c1. The normalized spacial score (nSPS) is 23.9. The molecular weight excluding hydrogens is 476 g/mol. The van der Waals surface area contributed by atoms with Crippen LogP contribution in [0.1, 0.15) is 17.5 Å². The summed E-state index contributed by atoms with van der Waals surface area (Å²) >= 11 is 0. The molecule has 5 N–H and O–H groups in total. The predicted molar refractivity (Wildman–Crippen MR) is 124 cm³/mol. The Balaban J connectivity index is 1.86. The van der Waals surface area contributed by atoms with Gasteiger partial charge in [0.1, 0.15) is 30.2 Å². The van der Waals surface area contributed by atoms with Gasteiger partial charge < -0.3 is 44.5 Å². The highest BCUT2D eigenvalue weighted by Gasteiger charge is 2.45. The Kier molecular flexibility index (Phi) is 9.39. The quantitative estimate of drug-likeness (QED) is 0.229. The first kappa shape index (κ1) is 27.1. The molecule has 2 aromatic rings. The van der Waals surface area contributed by atoms with Crippen LogP contribution in [0.3, 0.4) is 0 Å². The van der Waals surface area contributed by atoms with Gasteiger partial charge in [0.25, 0.3) is 0 Å². The molecule has 194 valence electrons. The standard InChI is InChI=1S/C25H28O11/c1-33-21(29)11-6-15-4-9-17(35-25-24(32)23(31)22(30)19(13-26)36-25)18(12-15)34-16-7-2-14(3-8-16)5-10-20(27)28/h2-4,6-9,11-12,19,22-26,30-32H,5,10,13H2,1H3,(H,27,28)/b11-6+/t19-,22-,23+,24-,25-/m1/s1. The number of carboxylic acid groups (broad SMARTS) is 1. The number of benzene rings is 2. The number of carbonyl (C=O) groups is 2. The third-order valence-electron chi connectivity index (χ3n) is 5.45. The molecule has 2 aromatic carbocycles. The molecule has 36 heavy (non-hydrogen) atoms. The van der Waals surface area contributed by atoms with Crippen LogP contribution in [-0.4, -0.2) is 81.9 Å². The van der Waals surface area contributed by atoms with E-state index in [-0.39, 0.29) is 17.9 Å². The van der Waals surface area contributed by atoms with Crippen molar-refractivity contribution in [2.45, 2.75) is 43.5 Å². The number of esters is 1. The first-order chi connectivity index (χ1) is 17.2. The van der Waals surface area contributed by atoms with Crippen LogP contribution in [-0.2, 0) is 25.5 Å². The van der Waals surface area contributed by atoms with Crippen LogP contribution in [0.4, 0.5) is 0 Å². The second kappa shape index (κ2) is 12.5. The van der Waals surface area contributed by atoms with Crippen molar-refractivity contribution in [3.8, 4) is 17.2 Å². The average molecular weight is 504 g/mol. The highest BCUT2D eigenvalue weighted by Crippen LogP contribution is 2.35. The van der Waals surface area contributed by atoms with Crippen LogP contribution in [0.15, 0.2) is 48.5 Å².